The summed E-state index contributed by atoms with van der Waals surface area (Å²) in [7, 11) is 0. The lowest BCUT2D eigenvalue weighted by Crippen LogP contribution is -2.03. The second kappa shape index (κ2) is 1.82. The van der Waals surface area contributed by atoms with Crippen LogP contribution in [0.15, 0.2) is 23.8 Å². The largest absolute Gasteiger partial charge is 0.298 e. The van der Waals surface area contributed by atoms with Gasteiger partial charge in [0.05, 0.1) is 5.92 Å². The maximum absolute atomic E-state index is 11.2. The van der Waals surface area contributed by atoms with E-state index in [1.807, 2.05) is 19.1 Å². The molecule has 0 spiro atoms. The predicted molar refractivity (Wildman–Crippen MR) is 39.5 cm³/mol. The molecule has 0 N–H and O–H groups in total. The lowest BCUT2D eigenvalue weighted by Gasteiger charge is -2.03. The molecule has 2 aliphatic carbocycles. The quantitative estimate of drug-likeness (QED) is 0.461. The molecule has 0 aliphatic heterocycles. The summed E-state index contributed by atoms with van der Waals surface area (Å²) >= 11 is 0. The van der Waals surface area contributed by atoms with Gasteiger partial charge >= 0.3 is 0 Å². The second-order valence-electron chi connectivity index (χ2n) is 2.94. The molecule has 2 unspecified atom stereocenters. The monoisotopic (exact) mass is 134 g/mol. The Labute approximate surface area is 60.4 Å². The Morgan fingerprint density at radius 1 is 1.60 bits per heavy atom. The highest BCUT2D eigenvalue weighted by Gasteiger charge is 2.38. The molecular weight excluding hydrogens is 124 g/mol. The fourth-order valence-electron chi connectivity index (χ4n) is 1.82. The van der Waals surface area contributed by atoms with Gasteiger partial charge in [-0.3, -0.25) is 4.79 Å². The van der Waals surface area contributed by atoms with Crippen molar-refractivity contribution in [3.8, 4) is 0 Å². The van der Waals surface area contributed by atoms with Gasteiger partial charge < -0.3 is 0 Å². The van der Waals surface area contributed by atoms with Crippen molar-refractivity contribution in [3.05, 3.63) is 23.8 Å². The van der Waals surface area contributed by atoms with Gasteiger partial charge in [-0.15, -0.1) is 0 Å². The first-order valence-electron chi connectivity index (χ1n) is 3.70. The van der Waals surface area contributed by atoms with Gasteiger partial charge in [0.1, 0.15) is 0 Å². The minimum atomic E-state index is 0.162. The zero-order valence-corrected chi connectivity index (χ0v) is 6.00. The molecule has 0 aromatic carbocycles. The minimum Gasteiger partial charge on any atom is -0.298 e. The molecule has 0 aromatic rings. The summed E-state index contributed by atoms with van der Waals surface area (Å²) in [6.07, 6.45) is 7.13. The van der Waals surface area contributed by atoms with E-state index < -0.39 is 0 Å². The average Bonchev–Trinajstić information content (AvgIpc) is 2.46. The van der Waals surface area contributed by atoms with Crippen molar-refractivity contribution in [1.29, 1.82) is 0 Å². The molecule has 52 valence electrons. The highest BCUT2D eigenvalue weighted by Crippen LogP contribution is 2.39. The number of fused-ring (bicyclic) bond motifs is 2. The van der Waals surface area contributed by atoms with Gasteiger partial charge in [-0.1, -0.05) is 23.8 Å². The summed E-state index contributed by atoms with van der Waals surface area (Å²) in [5, 5.41) is 0. The third kappa shape index (κ3) is 0.551. The molecule has 2 aliphatic rings. The molecule has 0 heterocycles. The van der Waals surface area contributed by atoms with Crippen LogP contribution in [0.25, 0.3) is 0 Å². The maximum Gasteiger partial charge on any atom is 0.150 e. The Balaban J connectivity index is 2.40. The number of Topliss-reactive ketones (excluding diaryl/α,β-unsaturated/α-hetero) is 1. The van der Waals surface area contributed by atoms with Gasteiger partial charge in [0, 0.05) is 5.92 Å². The Hall–Kier alpha value is -0.850. The first kappa shape index (κ1) is 5.90. The van der Waals surface area contributed by atoms with Crippen molar-refractivity contribution in [2.24, 2.45) is 11.8 Å². The van der Waals surface area contributed by atoms with E-state index in [4.69, 9.17) is 0 Å². The zero-order valence-electron chi connectivity index (χ0n) is 6.00. The molecule has 2 bridgehead atoms. The van der Waals surface area contributed by atoms with Crippen LogP contribution in [0.1, 0.15) is 13.3 Å². The molecule has 1 saturated carbocycles. The molecule has 2 rings (SSSR count). The third-order valence-corrected chi connectivity index (χ3v) is 2.43. The normalized spacial score (nSPS) is 40.1. The van der Waals surface area contributed by atoms with E-state index in [1.165, 1.54) is 5.57 Å². The zero-order chi connectivity index (χ0) is 7.14. The second-order valence-corrected chi connectivity index (χ2v) is 2.94. The van der Waals surface area contributed by atoms with Crippen LogP contribution in [-0.2, 0) is 4.79 Å². The van der Waals surface area contributed by atoms with E-state index >= 15 is 0 Å². The van der Waals surface area contributed by atoms with Crippen molar-refractivity contribution >= 4 is 5.78 Å². The number of carbonyl (C=O) groups excluding carboxylic acids is 1. The summed E-state index contributed by atoms with van der Waals surface area (Å²) in [5.74, 6) is 0.805. The number of hydrogen-bond donors (Lipinski definition) is 0. The van der Waals surface area contributed by atoms with E-state index in [-0.39, 0.29) is 11.8 Å². The van der Waals surface area contributed by atoms with Gasteiger partial charge in [-0.25, -0.2) is 0 Å². The Morgan fingerprint density at radius 2 is 2.40 bits per heavy atom. The summed E-state index contributed by atoms with van der Waals surface area (Å²) in [6, 6.07) is 0. The molecule has 1 nitrogen and oxygen atoms in total. The van der Waals surface area contributed by atoms with Crippen LogP contribution in [0, 0.1) is 11.8 Å². The predicted octanol–water partition coefficient (Wildman–Crippen LogP) is 1.71. The van der Waals surface area contributed by atoms with Crippen LogP contribution in [0.4, 0.5) is 0 Å². The smallest absolute Gasteiger partial charge is 0.150 e. The van der Waals surface area contributed by atoms with Crippen LogP contribution in [0.3, 0.4) is 0 Å². The molecule has 0 saturated heterocycles. The molecule has 0 radical (unpaired) electrons. The van der Waals surface area contributed by atoms with Crippen molar-refractivity contribution in [3.63, 3.8) is 0 Å². The first-order valence-corrected chi connectivity index (χ1v) is 3.70. The van der Waals surface area contributed by atoms with Crippen LogP contribution >= 0.6 is 0 Å². The number of hydrogen-bond acceptors (Lipinski definition) is 1. The van der Waals surface area contributed by atoms with Gasteiger partial charge in [0.2, 0.25) is 0 Å². The van der Waals surface area contributed by atoms with E-state index in [9.17, 15) is 4.79 Å². The van der Waals surface area contributed by atoms with Crippen LogP contribution in [0.5, 0.6) is 0 Å². The van der Waals surface area contributed by atoms with Gasteiger partial charge in [0.25, 0.3) is 0 Å². The molecule has 1 fully saturated rings. The van der Waals surface area contributed by atoms with Gasteiger partial charge in [-0.2, -0.15) is 0 Å². The molecule has 0 amide bonds. The highest BCUT2D eigenvalue weighted by atomic mass is 16.1. The minimum absolute atomic E-state index is 0.162. The van der Waals surface area contributed by atoms with Crippen molar-refractivity contribution in [2.75, 3.05) is 0 Å². The lowest BCUT2D eigenvalue weighted by atomic mass is 10.0. The van der Waals surface area contributed by atoms with Crippen LogP contribution < -0.4 is 0 Å². The Morgan fingerprint density at radius 3 is 2.70 bits per heavy atom. The number of allylic oxidation sites excluding steroid dienone is 4. The van der Waals surface area contributed by atoms with Gasteiger partial charge in [0.15, 0.2) is 5.78 Å². The lowest BCUT2D eigenvalue weighted by molar-refractivity contribution is -0.120. The van der Waals surface area contributed by atoms with E-state index in [1.54, 1.807) is 0 Å². The fourth-order valence-corrected chi connectivity index (χ4v) is 1.82. The number of rotatable bonds is 0. The summed E-state index contributed by atoms with van der Waals surface area (Å²) in [5.41, 5.74) is 1.32. The van der Waals surface area contributed by atoms with Crippen LogP contribution in [0.2, 0.25) is 0 Å². The van der Waals surface area contributed by atoms with E-state index in [0.29, 0.717) is 5.78 Å². The van der Waals surface area contributed by atoms with E-state index in [2.05, 4.69) is 6.08 Å². The maximum atomic E-state index is 11.2. The van der Waals surface area contributed by atoms with Crippen molar-refractivity contribution in [2.45, 2.75) is 13.3 Å². The standard InChI is InChI=1S/C9H10O/c1-2-6-5-7-3-4-8(6)9(7)10/h2-4,7-8H,5H2,1H3. The van der Waals surface area contributed by atoms with Crippen molar-refractivity contribution < 1.29 is 4.79 Å². The fraction of sp³-hybridized carbons (Fsp3) is 0.444. The molecular formula is C9H10O. The Kier molecular flexibility index (Phi) is 1.07. The Bertz CT molecular complexity index is 235. The molecule has 1 heteroatoms. The number of ketones is 1. The summed E-state index contributed by atoms with van der Waals surface area (Å²) < 4.78 is 0. The third-order valence-electron chi connectivity index (χ3n) is 2.43. The van der Waals surface area contributed by atoms with Gasteiger partial charge in [-0.05, 0) is 13.3 Å². The molecule has 10 heavy (non-hydrogen) atoms. The first-order chi connectivity index (χ1) is 4.83. The summed E-state index contributed by atoms with van der Waals surface area (Å²) in [6.45, 7) is 2.01. The van der Waals surface area contributed by atoms with E-state index in [0.717, 1.165) is 6.42 Å². The highest BCUT2D eigenvalue weighted by molar-refractivity contribution is 5.95. The van der Waals surface area contributed by atoms with Crippen LogP contribution in [-0.4, -0.2) is 5.78 Å². The molecule has 2 atom stereocenters. The number of carbonyl (C=O) groups is 1. The van der Waals surface area contributed by atoms with Crippen molar-refractivity contribution in [1.82, 2.24) is 0 Å². The SMILES string of the molecule is CC=C1CC2C=CC1C2=O. The molecule has 0 aromatic heterocycles. The topological polar surface area (TPSA) is 17.1 Å². The summed E-state index contributed by atoms with van der Waals surface area (Å²) in [4.78, 5) is 11.2. The average molecular weight is 134 g/mol.